The number of methoxy groups -OCH3 is 1. The third kappa shape index (κ3) is 6.79. The lowest BCUT2D eigenvalue weighted by molar-refractivity contribution is -0.137. The molecule has 2 rings (SSSR count). The molecule has 0 aromatic heterocycles. The third-order valence-electron chi connectivity index (χ3n) is 3.76. The van der Waals surface area contributed by atoms with E-state index in [1.165, 1.54) is 26.2 Å². The Morgan fingerprint density at radius 2 is 1.69 bits per heavy atom. The SMILES string of the molecule is COCCOc1ccc(C(F)(F)F)cc1NC(=O)COc1ccc(C(C)=O)cc1. The van der Waals surface area contributed by atoms with Crippen LogP contribution in [0.15, 0.2) is 42.5 Å². The van der Waals surface area contributed by atoms with Gasteiger partial charge in [-0.2, -0.15) is 13.2 Å². The number of benzene rings is 2. The average molecular weight is 411 g/mol. The first-order valence-corrected chi connectivity index (χ1v) is 8.57. The molecule has 0 saturated carbocycles. The van der Waals surface area contributed by atoms with Crippen LogP contribution in [0.25, 0.3) is 0 Å². The zero-order chi connectivity index (χ0) is 21.4. The van der Waals surface area contributed by atoms with Gasteiger partial charge >= 0.3 is 6.18 Å². The van der Waals surface area contributed by atoms with Crippen molar-refractivity contribution < 1.29 is 37.0 Å². The summed E-state index contributed by atoms with van der Waals surface area (Å²) in [6, 6.07) is 8.93. The molecule has 2 aromatic rings. The molecule has 0 saturated heterocycles. The first-order valence-electron chi connectivity index (χ1n) is 8.57. The Labute approximate surface area is 165 Å². The van der Waals surface area contributed by atoms with Gasteiger partial charge in [-0.15, -0.1) is 0 Å². The standard InChI is InChI=1S/C20H20F3NO5/c1-13(25)14-3-6-16(7-4-14)29-12-19(26)24-17-11-15(20(21,22)23)5-8-18(17)28-10-9-27-2/h3-8,11H,9-10,12H2,1-2H3,(H,24,26). The summed E-state index contributed by atoms with van der Waals surface area (Å²) in [6.07, 6.45) is -4.57. The number of Topliss-reactive ketones (excluding diaryl/α,β-unsaturated/α-hetero) is 1. The highest BCUT2D eigenvalue weighted by Gasteiger charge is 2.31. The van der Waals surface area contributed by atoms with Crippen molar-refractivity contribution in [3.63, 3.8) is 0 Å². The Kier molecular flexibility index (Phi) is 7.60. The highest BCUT2D eigenvalue weighted by atomic mass is 19.4. The van der Waals surface area contributed by atoms with Gasteiger partial charge < -0.3 is 19.5 Å². The van der Waals surface area contributed by atoms with E-state index in [9.17, 15) is 22.8 Å². The van der Waals surface area contributed by atoms with Gasteiger partial charge in [-0.05, 0) is 49.4 Å². The van der Waals surface area contributed by atoms with Crippen molar-refractivity contribution in [2.45, 2.75) is 13.1 Å². The molecule has 0 fully saturated rings. The fourth-order valence-electron chi connectivity index (χ4n) is 2.29. The number of halogens is 3. The molecule has 0 aliphatic rings. The van der Waals surface area contributed by atoms with Crippen LogP contribution in [0.4, 0.5) is 18.9 Å². The van der Waals surface area contributed by atoms with Gasteiger partial charge in [0.2, 0.25) is 0 Å². The Hall–Kier alpha value is -3.07. The van der Waals surface area contributed by atoms with Gasteiger partial charge in [0, 0.05) is 12.7 Å². The van der Waals surface area contributed by atoms with Crippen LogP contribution in [0, 0.1) is 0 Å². The van der Waals surface area contributed by atoms with Crippen LogP contribution in [0.1, 0.15) is 22.8 Å². The predicted molar refractivity (Wildman–Crippen MR) is 99.4 cm³/mol. The van der Waals surface area contributed by atoms with Crippen molar-refractivity contribution in [2.24, 2.45) is 0 Å². The Bertz CT molecular complexity index is 850. The van der Waals surface area contributed by atoms with Crippen molar-refractivity contribution in [2.75, 3.05) is 32.2 Å². The van der Waals surface area contributed by atoms with E-state index in [2.05, 4.69) is 5.32 Å². The second-order valence-corrected chi connectivity index (χ2v) is 5.97. The highest BCUT2D eigenvalue weighted by Crippen LogP contribution is 2.35. The number of carbonyl (C=O) groups excluding carboxylic acids is 2. The maximum Gasteiger partial charge on any atom is 0.416 e. The fourth-order valence-corrected chi connectivity index (χ4v) is 2.29. The summed E-state index contributed by atoms with van der Waals surface area (Å²) in [4.78, 5) is 23.4. The number of amides is 1. The zero-order valence-corrected chi connectivity index (χ0v) is 15.8. The van der Waals surface area contributed by atoms with Gasteiger partial charge in [-0.1, -0.05) is 0 Å². The number of alkyl halides is 3. The predicted octanol–water partition coefficient (Wildman–Crippen LogP) is 3.95. The number of hydrogen-bond donors (Lipinski definition) is 1. The molecular formula is C20H20F3NO5. The normalized spacial score (nSPS) is 11.1. The highest BCUT2D eigenvalue weighted by molar-refractivity contribution is 5.94. The molecule has 29 heavy (non-hydrogen) atoms. The summed E-state index contributed by atoms with van der Waals surface area (Å²) in [5.74, 6) is -0.364. The van der Waals surface area contributed by atoms with Crippen molar-refractivity contribution in [3.8, 4) is 11.5 Å². The summed E-state index contributed by atoms with van der Waals surface area (Å²) >= 11 is 0. The Morgan fingerprint density at radius 1 is 1.00 bits per heavy atom. The number of ketones is 1. The van der Waals surface area contributed by atoms with Gasteiger partial charge in [-0.3, -0.25) is 9.59 Å². The van der Waals surface area contributed by atoms with Crippen LogP contribution in [-0.4, -0.2) is 38.6 Å². The number of hydrogen-bond acceptors (Lipinski definition) is 5. The minimum absolute atomic E-state index is 0.0780. The Morgan fingerprint density at radius 3 is 2.28 bits per heavy atom. The number of nitrogens with one attached hydrogen (secondary N) is 1. The molecule has 1 N–H and O–H groups in total. The van der Waals surface area contributed by atoms with Crippen molar-refractivity contribution >= 4 is 17.4 Å². The van der Waals surface area contributed by atoms with E-state index >= 15 is 0 Å². The van der Waals surface area contributed by atoms with Crippen LogP contribution in [0.3, 0.4) is 0 Å². The number of carbonyl (C=O) groups is 2. The monoisotopic (exact) mass is 411 g/mol. The van der Waals surface area contributed by atoms with E-state index in [1.54, 1.807) is 12.1 Å². The first-order chi connectivity index (χ1) is 13.7. The molecule has 0 bridgehead atoms. The molecule has 0 aliphatic heterocycles. The molecule has 0 spiro atoms. The maximum absolute atomic E-state index is 13.0. The van der Waals surface area contributed by atoms with Crippen LogP contribution >= 0.6 is 0 Å². The third-order valence-corrected chi connectivity index (χ3v) is 3.76. The summed E-state index contributed by atoms with van der Waals surface area (Å²) in [5.41, 5.74) is -0.562. The molecule has 9 heteroatoms. The second kappa shape index (κ2) is 9.92. The smallest absolute Gasteiger partial charge is 0.416 e. The zero-order valence-electron chi connectivity index (χ0n) is 15.8. The molecule has 2 aromatic carbocycles. The minimum Gasteiger partial charge on any atom is -0.489 e. The maximum atomic E-state index is 13.0. The van der Waals surface area contributed by atoms with Crippen molar-refractivity contribution in [1.82, 2.24) is 0 Å². The molecule has 156 valence electrons. The van der Waals surface area contributed by atoms with E-state index in [-0.39, 0.29) is 30.4 Å². The lowest BCUT2D eigenvalue weighted by Crippen LogP contribution is -2.21. The second-order valence-electron chi connectivity index (χ2n) is 5.97. The van der Waals surface area contributed by atoms with Crippen LogP contribution in [0.5, 0.6) is 11.5 Å². The molecule has 0 heterocycles. The molecule has 0 unspecified atom stereocenters. The van der Waals surface area contributed by atoms with Gasteiger partial charge in [0.1, 0.15) is 18.1 Å². The van der Waals surface area contributed by atoms with Gasteiger partial charge in [0.15, 0.2) is 12.4 Å². The quantitative estimate of drug-likeness (QED) is 0.500. The molecule has 0 atom stereocenters. The summed E-state index contributed by atoms with van der Waals surface area (Å²) < 4.78 is 54.4. The van der Waals surface area contributed by atoms with Crippen molar-refractivity contribution in [3.05, 3.63) is 53.6 Å². The van der Waals surface area contributed by atoms with Gasteiger partial charge in [0.25, 0.3) is 5.91 Å². The van der Waals surface area contributed by atoms with Gasteiger partial charge in [0.05, 0.1) is 17.9 Å². The van der Waals surface area contributed by atoms with E-state index in [1.807, 2.05) is 0 Å². The van der Waals surface area contributed by atoms with Crippen molar-refractivity contribution in [1.29, 1.82) is 0 Å². The lowest BCUT2D eigenvalue weighted by Gasteiger charge is -2.15. The van der Waals surface area contributed by atoms with Crippen LogP contribution < -0.4 is 14.8 Å². The van der Waals surface area contributed by atoms with Crippen LogP contribution in [0.2, 0.25) is 0 Å². The molecule has 1 amide bonds. The Balaban J connectivity index is 2.06. The number of ether oxygens (including phenoxy) is 3. The summed E-state index contributed by atoms with van der Waals surface area (Å²) in [7, 11) is 1.46. The molecular weight excluding hydrogens is 391 g/mol. The molecule has 6 nitrogen and oxygen atoms in total. The van der Waals surface area contributed by atoms with Gasteiger partial charge in [-0.25, -0.2) is 0 Å². The molecule has 0 radical (unpaired) electrons. The summed E-state index contributed by atoms with van der Waals surface area (Å²) in [6.45, 7) is 1.31. The summed E-state index contributed by atoms with van der Waals surface area (Å²) in [5, 5.41) is 2.37. The first kappa shape index (κ1) is 22.2. The number of anilines is 1. The largest absolute Gasteiger partial charge is 0.489 e. The van der Waals surface area contributed by atoms with E-state index in [4.69, 9.17) is 14.2 Å². The van der Waals surface area contributed by atoms with E-state index < -0.39 is 24.3 Å². The topological polar surface area (TPSA) is 73.9 Å². The average Bonchev–Trinajstić information content (AvgIpc) is 2.67. The van der Waals surface area contributed by atoms with Crippen LogP contribution in [-0.2, 0) is 15.7 Å². The number of rotatable bonds is 9. The molecule has 0 aliphatic carbocycles. The fraction of sp³-hybridized carbons (Fsp3) is 0.300. The lowest BCUT2D eigenvalue weighted by atomic mass is 10.1. The van der Waals surface area contributed by atoms with E-state index in [0.29, 0.717) is 11.3 Å². The van der Waals surface area contributed by atoms with E-state index in [0.717, 1.165) is 18.2 Å². The minimum atomic E-state index is -4.57.